The Balaban J connectivity index is 2.09. The lowest BCUT2D eigenvalue weighted by Gasteiger charge is -2.36. The van der Waals surface area contributed by atoms with Gasteiger partial charge in [0.2, 0.25) is 0 Å². The highest BCUT2D eigenvalue weighted by Crippen LogP contribution is 2.27. The second-order valence-electron chi connectivity index (χ2n) is 5.55. The Bertz CT molecular complexity index is 556. The maximum atomic E-state index is 12.7. The lowest BCUT2D eigenvalue weighted by Crippen LogP contribution is -2.52. The summed E-state index contributed by atoms with van der Waals surface area (Å²) < 4.78 is 27.6. The molecule has 21 heavy (non-hydrogen) atoms. The summed E-state index contributed by atoms with van der Waals surface area (Å²) in [7, 11) is -1.31. The van der Waals surface area contributed by atoms with Gasteiger partial charge in [0, 0.05) is 30.6 Å². The van der Waals surface area contributed by atoms with Gasteiger partial charge in [0.1, 0.15) is 4.21 Å². The number of nitrogens with one attached hydrogen (secondary N) is 1. The lowest BCUT2D eigenvalue weighted by molar-refractivity contribution is 0.170. The van der Waals surface area contributed by atoms with Crippen LogP contribution in [0.4, 0.5) is 0 Å². The molecule has 7 heteroatoms. The first kappa shape index (κ1) is 16.9. The standard InChI is InChI=1S/C14H25N3O2S2/c1-4-15-8-7-13-5-6-14(20-13)21(18,19)17-10-9-16(3)11-12(17)2/h5-6,12,15H,4,7-11H2,1-3H3. The molecule has 1 aliphatic rings. The lowest BCUT2D eigenvalue weighted by atomic mass is 10.2. The van der Waals surface area contributed by atoms with Crippen molar-refractivity contribution in [2.75, 3.05) is 39.8 Å². The molecule has 1 atom stereocenters. The average Bonchev–Trinajstić information content (AvgIpc) is 2.88. The van der Waals surface area contributed by atoms with Crippen LogP contribution in [0.2, 0.25) is 0 Å². The van der Waals surface area contributed by atoms with E-state index in [1.165, 1.54) is 11.3 Å². The highest BCUT2D eigenvalue weighted by atomic mass is 32.2. The Morgan fingerprint density at radius 3 is 2.81 bits per heavy atom. The SMILES string of the molecule is CCNCCc1ccc(S(=O)(=O)N2CCN(C)CC2C)s1. The summed E-state index contributed by atoms with van der Waals surface area (Å²) in [5.41, 5.74) is 0. The number of nitrogens with zero attached hydrogens (tertiary/aromatic N) is 2. The van der Waals surface area contributed by atoms with E-state index in [9.17, 15) is 8.42 Å². The normalized spacial score (nSPS) is 21.8. The second kappa shape index (κ2) is 7.19. The number of sulfonamides is 1. The van der Waals surface area contributed by atoms with E-state index in [0.717, 1.165) is 37.5 Å². The summed E-state index contributed by atoms with van der Waals surface area (Å²) in [6.45, 7) is 8.04. The van der Waals surface area contributed by atoms with Gasteiger partial charge in [0.15, 0.2) is 0 Å². The average molecular weight is 332 g/mol. The maximum Gasteiger partial charge on any atom is 0.252 e. The molecule has 0 radical (unpaired) electrons. The van der Waals surface area contributed by atoms with Crippen LogP contribution >= 0.6 is 11.3 Å². The molecule has 2 heterocycles. The summed E-state index contributed by atoms with van der Waals surface area (Å²) in [6, 6.07) is 3.73. The smallest absolute Gasteiger partial charge is 0.252 e. The molecule has 120 valence electrons. The van der Waals surface area contributed by atoms with Crippen molar-refractivity contribution in [1.82, 2.24) is 14.5 Å². The van der Waals surface area contributed by atoms with E-state index in [2.05, 4.69) is 17.1 Å². The molecule has 1 aliphatic heterocycles. The van der Waals surface area contributed by atoms with E-state index in [4.69, 9.17) is 0 Å². The number of rotatable bonds is 6. The molecule has 1 saturated heterocycles. The van der Waals surface area contributed by atoms with Gasteiger partial charge in [0.05, 0.1) is 0 Å². The van der Waals surface area contributed by atoms with Crippen molar-refractivity contribution in [3.63, 3.8) is 0 Å². The molecule has 0 saturated carbocycles. The van der Waals surface area contributed by atoms with Crippen LogP contribution in [0.15, 0.2) is 16.3 Å². The van der Waals surface area contributed by atoms with Gasteiger partial charge in [-0.25, -0.2) is 8.42 Å². The van der Waals surface area contributed by atoms with Crippen molar-refractivity contribution in [2.45, 2.75) is 30.5 Å². The van der Waals surface area contributed by atoms with Crippen molar-refractivity contribution >= 4 is 21.4 Å². The number of likely N-dealkylation sites (N-methyl/N-ethyl adjacent to an activating group) is 2. The Labute approximate surface area is 132 Å². The van der Waals surface area contributed by atoms with Gasteiger partial charge in [-0.1, -0.05) is 6.92 Å². The minimum absolute atomic E-state index is 0.0288. The van der Waals surface area contributed by atoms with Crippen molar-refractivity contribution in [3.8, 4) is 0 Å². The third kappa shape index (κ3) is 4.04. The summed E-state index contributed by atoms with van der Waals surface area (Å²) in [4.78, 5) is 3.30. The molecule has 0 bridgehead atoms. The predicted octanol–water partition coefficient (Wildman–Crippen LogP) is 1.22. The molecule has 2 rings (SSSR count). The third-order valence-corrected chi connectivity index (χ3v) is 7.39. The zero-order chi connectivity index (χ0) is 15.5. The number of hydrogen-bond acceptors (Lipinski definition) is 5. The molecule has 1 aromatic heterocycles. The predicted molar refractivity (Wildman–Crippen MR) is 87.4 cm³/mol. The highest BCUT2D eigenvalue weighted by Gasteiger charge is 2.33. The molecule has 1 fully saturated rings. The molecule has 0 amide bonds. The van der Waals surface area contributed by atoms with Gasteiger partial charge in [-0.3, -0.25) is 0 Å². The molecular weight excluding hydrogens is 306 g/mol. The largest absolute Gasteiger partial charge is 0.317 e. The van der Waals surface area contributed by atoms with Crippen molar-refractivity contribution in [1.29, 1.82) is 0 Å². The van der Waals surface area contributed by atoms with Crippen LogP contribution in [-0.4, -0.2) is 63.4 Å². The summed E-state index contributed by atoms with van der Waals surface area (Å²) >= 11 is 1.40. The summed E-state index contributed by atoms with van der Waals surface area (Å²) in [5.74, 6) is 0. The first-order valence-electron chi connectivity index (χ1n) is 7.45. The summed E-state index contributed by atoms with van der Waals surface area (Å²) in [6.07, 6.45) is 0.881. The van der Waals surface area contributed by atoms with E-state index in [1.807, 2.05) is 20.0 Å². The van der Waals surface area contributed by atoms with Gasteiger partial charge in [-0.15, -0.1) is 11.3 Å². The highest BCUT2D eigenvalue weighted by molar-refractivity contribution is 7.91. The zero-order valence-electron chi connectivity index (χ0n) is 13.0. The number of hydrogen-bond donors (Lipinski definition) is 1. The third-order valence-electron chi connectivity index (χ3n) is 3.77. The zero-order valence-corrected chi connectivity index (χ0v) is 14.6. The van der Waals surface area contributed by atoms with E-state index in [0.29, 0.717) is 10.8 Å². The quantitative estimate of drug-likeness (QED) is 0.797. The van der Waals surface area contributed by atoms with E-state index >= 15 is 0 Å². The molecule has 5 nitrogen and oxygen atoms in total. The molecule has 0 aliphatic carbocycles. The van der Waals surface area contributed by atoms with Gasteiger partial charge in [-0.05, 0) is 45.6 Å². The first-order chi connectivity index (χ1) is 9.95. The molecule has 1 aromatic rings. The van der Waals surface area contributed by atoms with Crippen LogP contribution in [0.5, 0.6) is 0 Å². The summed E-state index contributed by atoms with van der Waals surface area (Å²) in [5, 5.41) is 3.26. The van der Waals surface area contributed by atoms with Crippen LogP contribution in [0.25, 0.3) is 0 Å². The number of piperazine rings is 1. The van der Waals surface area contributed by atoms with Crippen LogP contribution in [-0.2, 0) is 16.4 Å². The van der Waals surface area contributed by atoms with Gasteiger partial charge < -0.3 is 10.2 Å². The molecule has 0 aromatic carbocycles. The minimum atomic E-state index is -3.34. The van der Waals surface area contributed by atoms with Crippen LogP contribution in [0.3, 0.4) is 0 Å². The maximum absolute atomic E-state index is 12.7. The van der Waals surface area contributed by atoms with E-state index in [1.54, 1.807) is 10.4 Å². The van der Waals surface area contributed by atoms with E-state index < -0.39 is 10.0 Å². The first-order valence-corrected chi connectivity index (χ1v) is 9.70. The molecular formula is C14H25N3O2S2. The Morgan fingerprint density at radius 1 is 1.38 bits per heavy atom. The topological polar surface area (TPSA) is 52.7 Å². The monoisotopic (exact) mass is 331 g/mol. The Hall–Kier alpha value is -0.470. The minimum Gasteiger partial charge on any atom is -0.317 e. The van der Waals surface area contributed by atoms with Gasteiger partial charge in [-0.2, -0.15) is 4.31 Å². The van der Waals surface area contributed by atoms with Crippen LogP contribution < -0.4 is 5.32 Å². The Kier molecular flexibility index (Phi) is 5.79. The van der Waals surface area contributed by atoms with E-state index in [-0.39, 0.29) is 6.04 Å². The Morgan fingerprint density at radius 2 is 2.14 bits per heavy atom. The van der Waals surface area contributed by atoms with Gasteiger partial charge in [0.25, 0.3) is 10.0 Å². The van der Waals surface area contributed by atoms with Crippen LogP contribution in [0, 0.1) is 0 Å². The van der Waals surface area contributed by atoms with Crippen molar-refractivity contribution in [3.05, 3.63) is 17.0 Å². The molecule has 1 N–H and O–H groups in total. The van der Waals surface area contributed by atoms with Crippen LogP contribution in [0.1, 0.15) is 18.7 Å². The second-order valence-corrected chi connectivity index (χ2v) is 8.84. The fraction of sp³-hybridized carbons (Fsp3) is 0.714. The van der Waals surface area contributed by atoms with Crippen molar-refractivity contribution < 1.29 is 8.42 Å². The fourth-order valence-corrected chi connectivity index (χ4v) is 5.71. The number of thiophene rings is 1. The molecule has 0 spiro atoms. The van der Waals surface area contributed by atoms with Gasteiger partial charge >= 0.3 is 0 Å². The fourth-order valence-electron chi connectivity index (χ4n) is 2.62. The van der Waals surface area contributed by atoms with Crippen molar-refractivity contribution in [2.24, 2.45) is 0 Å². The molecule has 1 unspecified atom stereocenters.